The second kappa shape index (κ2) is 17.0. The van der Waals surface area contributed by atoms with Crippen LogP contribution in [0.1, 0.15) is 12.8 Å². The molecule has 283 valence electrons. The minimum absolute atomic E-state index is 0. The Bertz CT molecular complexity index is 2480. The van der Waals surface area contributed by atoms with E-state index in [9.17, 15) is 37.3 Å². The van der Waals surface area contributed by atoms with Crippen LogP contribution >= 0.6 is 23.2 Å². The molecule has 55 heavy (non-hydrogen) atoms. The van der Waals surface area contributed by atoms with E-state index in [0.717, 1.165) is 24.3 Å². The number of primary sulfonamides is 2. The number of halogens is 2. The average Bonchev–Trinajstić information content (AvgIpc) is 3.57. The van der Waals surface area contributed by atoms with Crippen LogP contribution in [-0.4, -0.2) is 36.4 Å². The van der Waals surface area contributed by atoms with Gasteiger partial charge in [-0.2, -0.15) is 20.4 Å². The van der Waals surface area contributed by atoms with Gasteiger partial charge in [-0.3, -0.25) is 0 Å². The van der Waals surface area contributed by atoms with E-state index in [0.29, 0.717) is 22.8 Å². The first-order valence-electron chi connectivity index (χ1n) is 14.9. The molecule has 4 N–H and O–H groups in total. The number of nitrogens with two attached hydrogens (primary N) is 2. The van der Waals surface area contributed by atoms with E-state index in [1.54, 1.807) is 74.5 Å². The van der Waals surface area contributed by atoms with Crippen molar-refractivity contribution < 1.29 is 56.0 Å². The predicted octanol–water partition coefficient (Wildman–Crippen LogP) is 4.20. The van der Waals surface area contributed by atoms with E-state index in [2.05, 4.69) is 30.7 Å². The Kier molecular flexibility index (Phi) is 13.1. The number of aryl methyl sites for hydroxylation is 2. The molecule has 2 aromatic heterocycles. The van der Waals surface area contributed by atoms with Crippen LogP contribution in [0.2, 0.25) is 10.0 Å². The minimum Gasteiger partial charge on any atom is -0.871 e. The zero-order chi connectivity index (χ0) is 39.5. The van der Waals surface area contributed by atoms with Crippen LogP contribution in [-0.2, 0) is 37.4 Å². The fraction of sp³-hybridized carbons (Fsp3) is 0.0625. The molecule has 0 aliphatic rings. The molecule has 0 fully saturated rings. The average molecular weight is 865 g/mol. The molecule has 2 heterocycles. The number of benzene rings is 4. The SMILES string of the molecule is Cc1nn(-c2ccccc2)c([O-])c1N=Nc1cc(Cl)c(S(N)(=O)=O)cc1[O-].Cc1nn(-c2ccccc2)c([O-])c1N=Nc1cc(Cl)c(S(N)(=O)=O)cc1[O-].[Cr+3].[H+]. The first-order valence-corrected chi connectivity index (χ1v) is 18.8. The molecule has 0 spiro atoms. The van der Waals surface area contributed by atoms with Gasteiger partial charge in [0.05, 0.1) is 54.0 Å². The van der Waals surface area contributed by atoms with Crippen molar-refractivity contribution in [1.82, 2.24) is 19.6 Å². The van der Waals surface area contributed by atoms with Gasteiger partial charge >= 0.3 is 18.8 Å². The Morgan fingerprint density at radius 3 is 1.24 bits per heavy atom. The third-order valence-corrected chi connectivity index (χ3v) is 9.88. The number of hydrogen-bond acceptors (Lipinski definition) is 14. The summed E-state index contributed by atoms with van der Waals surface area (Å²) in [4.78, 5) is -1.02. The van der Waals surface area contributed by atoms with Gasteiger partial charge in [-0.1, -0.05) is 71.1 Å². The Balaban J connectivity index is 0.000000290. The molecule has 0 amide bonds. The van der Waals surface area contributed by atoms with E-state index in [4.69, 9.17) is 33.5 Å². The summed E-state index contributed by atoms with van der Waals surface area (Å²) in [6.07, 6.45) is 0. The van der Waals surface area contributed by atoms with Crippen LogP contribution < -0.4 is 30.7 Å². The van der Waals surface area contributed by atoms with Gasteiger partial charge in [-0.15, -0.1) is 10.2 Å². The van der Waals surface area contributed by atoms with Crippen LogP contribution in [0, 0.1) is 13.8 Å². The van der Waals surface area contributed by atoms with Crippen molar-refractivity contribution in [2.24, 2.45) is 30.7 Å². The smallest absolute Gasteiger partial charge is 0.871 e. The Hall–Kier alpha value is -5.37. The van der Waals surface area contributed by atoms with Crippen LogP contribution in [0.25, 0.3) is 11.4 Å². The van der Waals surface area contributed by atoms with Crippen molar-refractivity contribution in [1.29, 1.82) is 0 Å². The van der Waals surface area contributed by atoms with Crippen LogP contribution in [0.4, 0.5) is 22.7 Å². The van der Waals surface area contributed by atoms with Gasteiger partial charge in [0.25, 0.3) is 0 Å². The Labute approximate surface area is 335 Å². The Morgan fingerprint density at radius 2 is 0.927 bits per heavy atom. The fourth-order valence-corrected chi connectivity index (χ4v) is 6.73. The summed E-state index contributed by atoms with van der Waals surface area (Å²) in [5.74, 6) is -2.54. The fourth-order valence-electron chi connectivity index (χ4n) is 4.56. The van der Waals surface area contributed by atoms with Crippen molar-refractivity contribution in [2.75, 3.05) is 0 Å². The van der Waals surface area contributed by atoms with Gasteiger partial charge in [0.15, 0.2) is 0 Å². The van der Waals surface area contributed by atoms with Gasteiger partial charge in [-0.25, -0.2) is 36.5 Å². The molecule has 4 aromatic carbocycles. The molecule has 0 saturated heterocycles. The number of nitrogens with zero attached hydrogens (tertiary/aromatic N) is 8. The number of para-hydroxylation sites is 2. The van der Waals surface area contributed by atoms with Gasteiger partial charge in [0.2, 0.25) is 20.0 Å². The summed E-state index contributed by atoms with van der Waals surface area (Å²) in [6, 6.07) is 21.0. The van der Waals surface area contributed by atoms with Crippen molar-refractivity contribution in [3.8, 4) is 34.6 Å². The van der Waals surface area contributed by atoms with Gasteiger partial charge < -0.3 is 20.4 Å². The zero-order valence-corrected chi connectivity index (χ0v) is 32.5. The molecule has 23 heteroatoms. The van der Waals surface area contributed by atoms with Crippen molar-refractivity contribution in [2.45, 2.75) is 23.6 Å². The molecule has 0 atom stereocenters. The van der Waals surface area contributed by atoms with E-state index in [-0.39, 0.29) is 51.6 Å². The molecule has 0 aliphatic carbocycles. The third-order valence-electron chi connectivity index (χ3n) is 7.13. The quantitative estimate of drug-likeness (QED) is 0.206. The topological polar surface area (TPSA) is 298 Å². The summed E-state index contributed by atoms with van der Waals surface area (Å²) in [6.45, 7) is 3.15. The molecule has 0 aliphatic heterocycles. The standard InChI is InChI=1S/2C16H14ClN5O4S.Cr/c2*1-9-15(16(24)22(21-9)10-5-3-2-4-6-10)20-19-12-7-11(17)14(8-13(12)23)27(18,25)26;/h2*2-8,23-24H,1H3,(H2,18,25,26);/q;;+3/p-3. The summed E-state index contributed by atoms with van der Waals surface area (Å²) in [5, 5.41) is 81.8. The summed E-state index contributed by atoms with van der Waals surface area (Å²) < 4.78 is 47.8. The van der Waals surface area contributed by atoms with E-state index >= 15 is 0 Å². The maximum absolute atomic E-state index is 12.5. The van der Waals surface area contributed by atoms with Gasteiger partial charge in [-0.05, 0) is 62.4 Å². The molecule has 0 saturated carbocycles. The second-order valence-electron chi connectivity index (χ2n) is 11.0. The molecule has 0 unspecified atom stereocenters. The first-order chi connectivity index (χ1) is 25.4. The summed E-state index contributed by atoms with van der Waals surface area (Å²) in [5.41, 5.74) is 1.15. The monoisotopic (exact) mass is 863 g/mol. The summed E-state index contributed by atoms with van der Waals surface area (Å²) in [7, 11) is -8.30. The largest absolute Gasteiger partial charge is 3.00 e. The molecule has 1 radical (unpaired) electrons. The zero-order valence-electron chi connectivity index (χ0n) is 29.1. The predicted molar refractivity (Wildman–Crippen MR) is 190 cm³/mol. The number of rotatable bonds is 8. The van der Waals surface area contributed by atoms with E-state index < -0.39 is 53.1 Å². The van der Waals surface area contributed by atoms with Gasteiger partial charge in [0, 0.05) is 11.8 Å². The molecular formula is C32H25Cl2CrN10O8S2. The number of hydrogen-bond donors (Lipinski definition) is 2. The maximum atomic E-state index is 12.5. The van der Waals surface area contributed by atoms with E-state index in [1.807, 2.05) is 0 Å². The molecule has 6 rings (SSSR count). The minimum atomic E-state index is -4.15. The van der Waals surface area contributed by atoms with E-state index in [1.165, 1.54) is 9.36 Å². The van der Waals surface area contributed by atoms with Crippen LogP contribution in [0.3, 0.4) is 0 Å². The molecule has 18 nitrogen and oxygen atoms in total. The number of aromatic nitrogens is 4. The Morgan fingerprint density at radius 1 is 0.600 bits per heavy atom. The third kappa shape index (κ3) is 9.66. The van der Waals surface area contributed by atoms with Crippen molar-refractivity contribution in [3.63, 3.8) is 0 Å². The normalized spacial score (nSPS) is 11.7. The second-order valence-corrected chi connectivity index (χ2v) is 14.8. The van der Waals surface area contributed by atoms with Crippen molar-refractivity contribution in [3.05, 3.63) is 106 Å². The molecule has 6 aromatic rings. The first kappa shape index (κ1) is 42.4. The maximum Gasteiger partial charge on any atom is 3.00 e. The number of azo groups is 2. The summed E-state index contributed by atoms with van der Waals surface area (Å²) >= 11 is 11.7. The van der Waals surface area contributed by atoms with Gasteiger partial charge in [0.1, 0.15) is 11.4 Å². The molecular weight excluding hydrogens is 839 g/mol. The van der Waals surface area contributed by atoms with Crippen molar-refractivity contribution >= 4 is 66.0 Å². The van der Waals surface area contributed by atoms with Crippen LogP contribution in [0.5, 0.6) is 23.3 Å². The number of sulfonamides is 2. The molecule has 0 bridgehead atoms. The van der Waals surface area contributed by atoms with Crippen LogP contribution in [0.15, 0.2) is 115 Å².